The summed E-state index contributed by atoms with van der Waals surface area (Å²) in [5.74, 6) is -2.11. The number of phosphoric ester groups is 1. The van der Waals surface area contributed by atoms with Crippen molar-refractivity contribution in [2.75, 3.05) is 18.9 Å². The van der Waals surface area contributed by atoms with Gasteiger partial charge in [0.15, 0.2) is 6.23 Å². The van der Waals surface area contributed by atoms with E-state index in [1.54, 1.807) is 6.92 Å². The van der Waals surface area contributed by atoms with Gasteiger partial charge >= 0.3 is 13.5 Å². The van der Waals surface area contributed by atoms with Crippen molar-refractivity contribution in [1.82, 2.24) is 9.55 Å². The Labute approximate surface area is 187 Å². The minimum atomic E-state index is -4.10. The number of aliphatic hydroxyl groups is 1. The predicted molar refractivity (Wildman–Crippen MR) is 111 cm³/mol. The number of phosphoric acid groups is 1. The van der Waals surface area contributed by atoms with Crippen molar-refractivity contribution >= 4 is 13.6 Å². The summed E-state index contributed by atoms with van der Waals surface area (Å²) in [6.07, 6.45) is -1.21. The van der Waals surface area contributed by atoms with Crippen LogP contribution in [-0.4, -0.2) is 39.6 Å². The lowest BCUT2D eigenvalue weighted by molar-refractivity contribution is -0.0927. The van der Waals surface area contributed by atoms with Gasteiger partial charge in [-0.25, -0.2) is 18.1 Å². The molecule has 1 aromatic carbocycles. The molecule has 1 aromatic heterocycles. The highest BCUT2D eigenvalue weighted by molar-refractivity contribution is 7.48. The third-order valence-corrected chi connectivity index (χ3v) is 7.40. The molecule has 2 fully saturated rings. The molecule has 1 unspecified atom stereocenters. The SMILES string of the molecule is C[C@@H]1[C@@H](COP2(=O)OCC[C@@H](c3cc(F)cc(F)c3)O2)O[C@@H](n2ccc(N)nc2=O)[C@]1(C)O. The van der Waals surface area contributed by atoms with E-state index in [1.807, 2.05) is 0 Å². The van der Waals surface area contributed by atoms with Crippen LogP contribution in [0.4, 0.5) is 14.6 Å². The van der Waals surface area contributed by atoms with E-state index in [9.17, 15) is 23.2 Å². The molecule has 13 heteroatoms. The van der Waals surface area contributed by atoms with E-state index in [0.29, 0.717) is 0 Å². The molecule has 0 spiro atoms. The maximum absolute atomic E-state index is 13.6. The summed E-state index contributed by atoms with van der Waals surface area (Å²) in [7, 11) is -4.10. The Morgan fingerprint density at radius 1 is 1.36 bits per heavy atom. The van der Waals surface area contributed by atoms with E-state index in [1.165, 1.54) is 19.2 Å². The molecule has 0 aliphatic carbocycles. The van der Waals surface area contributed by atoms with Gasteiger partial charge in [0.2, 0.25) is 0 Å². The summed E-state index contributed by atoms with van der Waals surface area (Å²) in [4.78, 5) is 15.9. The number of anilines is 1. The lowest BCUT2D eigenvalue weighted by Crippen LogP contribution is -2.42. The third kappa shape index (κ3) is 4.86. The van der Waals surface area contributed by atoms with Crippen LogP contribution >= 0.6 is 7.82 Å². The van der Waals surface area contributed by atoms with Crippen LogP contribution in [0.3, 0.4) is 0 Å². The molecule has 2 aliphatic rings. The van der Waals surface area contributed by atoms with Gasteiger partial charge in [-0.15, -0.1) is 0 Å². The van der Waals surface area contributed by atoms with E-state index in [-0.39, 0.29) is 31.0 Å². The van der Waals surface area contributed by atoms with Crippen LogP contribution in [0.15, 0.2) is 35.3 Å². The Morgan fingerprint density at radius 2 is 2.06 bits per heavy atom. The summed E-state index contributed by atoms with van der Waals surface area (Å²) in [6, 6.07) is 4.30. The third-order valence-electron chi connectivity index (χ3n) is 5.93. The zero-order valence-corrected chi connectivity index (χ0v) is 18.8. The number of aromatic nitrogens is 2. The summed E-state index contributed by atoms with van der Waals surface area (Å²) in [6.45, 7) is 2.86. The molecule has 180 valence electrons. The smallest absolute Gasteiger partial charge is 0.385 e. The molecule has 2 aromatic rings. The number of nitrogen functional groups attached to an aromatic ring is 1. The molecule has 2 saturated heterocycles. The lowest BCUT2D eigenvalue weighted by Gasteiger charge is -2.30. The Morgan fingerprint density at radius 3 is 2.73 bits per heavy atom. The van der Waals surface area contributed by atoms with E-state index in [2.05, 4.69) is 4.98 Å². The fraction of sp³-hybridized carbons (Fsp3) is 0.500. The largest absolute Gasteiger partial charge is 0.475 e. The molecule has 6 atom stereocenters. The molecule has 0 saturated carbocycles. The fourth-order valence-electron chi connectivity index (χ4n) is 3.89. The van der Waals surface area contributed by atoms with Crippen molar-refractivity contribution < 1.29 is 36.8 Å². The Bertz CT molecular complexity index is 1120. The van der Waals surface area contributed by atoms with Gasteiger partial charge in [0.05, 0.1) is 25.4 Å². The first-order chi connectivity index (χ1) is 15.5. The molecular formula is C20H24F2N3O7P. The van der Waals surface area contributed by atoms with Gasteiger partial charge in [-0.3, -0.25) is 18.1 Å². The molecule has 0 bridgehead atoms. The molecule has 3 N–H and O–H groups in total. The van der Waals surface area contributed by atoms with Crippen molar-refractivity contribution in [3.63, 3.8) is 0 Å². The molecule has 0 radical (unpaired) electrons. The normalized spacial score (nSPS) is 34.5. The average molecular weight is 487 g/mol. The summed E-state index contributed by atoms with van der Waals surface area (Å²) >= 11 is 0. The highest BCUT2D eigenvalue weighted by Gasteiger charge is 2.52. The topological polar surface area (TPSA) is 135 Å². The van der Waals surface area contributed by atoms with Crippen molar-refractivity contribution in [3.8, 4) is 0 Å². The van der Waals surface area contributed by atoms with Crippen molar-refractivity contribution in [1.29, 1.82) is 0 Å². The van der Waals surface area contributed by atoms with Crippen molar-refractivity contribution in [2.45, 2.75) is 44.3 Å². The predicted octanol–water partition coefficient (Wildman–Crippen LogP) is 2.69. The van der Waals surface area contributed by atoms with Crippen LogP contribution in [0.1, 0.15) is 38.2 Å². The second-order valence-corrected chi connectivity index (χ2v) is 9.87. The monoisotopic (exact) mass is 487 g/mol. The number of halogens is 2. The van der Waals surface area contributed by atoms with Crippen LogP contribution in [0.2, 0.25) is 0 Å². The van der Waals surface area contributed by atoms with Gasteiger partial charge in [-0.2, -0.15) is 4.98 Å². The highest BCUT2D eigenvalue weighted by Crippen LogP contribution is 2.57. The molecular weight excluding hydrogens is 463 g/mol. The maximum Gasteiger partial charge on any atom is 0.475 e. The molecule has 0 amide bonds. The van der Waals surface area contributed by atoms with Gasteiger partial charge in [-0.05, 0) is 30.7 Å². The van der Waals surface area contributed by atoms with Gasteiger partial charge in [0, 0.05) is 24.6 Å². The van der Waals surface area contributed by atoms with Crippen LogP contribution in [0.25, 0.3) is 0 Å². The van der Waals surface area contributed by atoms with Crippen molar-refractivity contribution in [3.05, 3.63) is 58.1 Å². The number of hydrogen-bond donors (Lipinski definition) is 2. The number of ether oxygens (including phenoxy) is 1. The number of benzene rings is 1. The first-order valence-electron chi connectivity index (χ1n) is 10.2. The minimum Gasteiger partial charge on any atom is -0.385 e. The van der Waals surface area contributed by atoms with Crippen LogP contribution < -0.4 is 11.4 Å². The quantitative estimate of drug-likeness (QED) is 0.610. The van der Waals surface area contributed by atoms with E-state index < -0.39 is 55.1 Å². The average Bonchev–Trinajstić information content (AvgIpc) is 2.95. The molecule has 2 aliphatic heterocycles. The van der Waals surface area contributed by atoms with Crippen molar-refractivity contribution in [2.24, 2.45) is 5.92 Å². The summed E-state index contributed by atoms with van der Waals surface area (Å²) in [5, 5.41) is 11.0. The Balaban J connectivity index is 1.46. The first-order valence-corrected chi connectivity index (χ1v) is 11.7. The number of rotatable bonds is 5. The van der Waals surface area contributed by atoms with Gasteiger partial charge in [0.1, 0.15) is 23.1 Å². The van der Waals surface area contributed by atoms with Crippen LogP contribution in [0.5, 0.6) is 0 Å². The van der Waals surface area contributed by atoms with Crippen LogP contribution in [0, 0.1) is 17.6 Å². The molecule has 10 nitrogen and oxygen atoms in total. The van der Waals surface area contributed by atoms with Gasteiger partial charge < -0.3 is 15.6 Å². The lowest BCUT2D eigenvalue weighted by atomic mass is 9.88. The highest BCUT2D eigenvalue weighted by atomic mass is 31.2. The standard InChI is InChI=1S/C20H24F2N3O7P/c1-11-16(31-18(20(11,2)27)25-5-3-17(23)24-19(25)26)10-30-33(28)29-6-4-15(32-33)12-7-13(21)9-14(22)8-12/h3,5,7-9,11,15-16,18,27H,4,6,10H2,1-2H3,(H2,23,24,26)/t11-,15+,16-,18-,20-,33?/m1/s1. The molecule has 3 heterocycles. The summed E-state index contributed by atoms with van der Waals surface area (Å²) in [5.41, 5.74) is 3.48. The second-order valence-electron chi connectivity index (χ2n) is 8.25. The fourth-order valence-corrected chi connectivity index (χ4v) is 5.28. The number of nitrogens with zero attached hydrogens (tertiary/aromatic N) is 2. The van der Waals surface area contributed by atoms with Gasteiger partial charge in [-0.1, -0.05) is 6.92 Å². The van der Waals surface area contributed by atoms with Gasteiger partial charge in [0.25, 0.3) is 0 Å². The maximum atomic E-state index is 13.6. The molecule has 33 heavy (non-hydrogen) atoms. The summed E-state index contributed by atoms with van der Waals surface area (Å²) < 4.78 is 63.2. The molecule has 4 rings (SSSR count). The zero-order valence-electron chi connectivity index (χ0n) is 17.9. The minimum absolute atomic E-state index is 0.0198. The van der Waals surface area contributed by atoms with E-state index in [4.69, 9.17) is 24.0 Å². The first kappa shape index (κ1) is 23.9. The second kappa shape index (κ2) is 8.86. The van der Waals surface area contributed by atoms with E-state index >= 15 is 0 Å². The van der Waals surface area contributed by atoms with Crippen LogP contribution in [-0.2, 0) is 22.9 Å². The zero-order chi connectivity index (χ0) is 24.0. The Kier molecular flexibility index (Phi) is 6.43. The van der Waals surface area contributed by atoms with E-state index in [0.717, 1.165) is 22.8 Å². The number of hydrogen-bond acceptors (Lipinski definition) is 9. The number of nitrogens with two attached hydrogens (primary N) is 1. The Hall–Kier alpha value is -2.21.